The van der Waals surface area contributed by atoms with Crippen molar-refractivity contribution >= 4 is 22.5 Å². The van der Waals surface area contributed by atoms with Gasteiger partial charge in [0.2, 0.25) is 5.91 Å². The highest BCUT2D eigenvalue weighted by molar-refractivity contribution is 5.78. The molecule has 1 aromatic heterocycles. The molecule has 0 spiro atoms. The number of rotatable bonds is 7. The lowest BCUT2D eigenvalue weighted by Crippen LogP contribution is -2.42. The van der Waals surface area contributed by atoms with Crippen molar-refractivity contribution in [1.29, 1.82) is 0 Å². The zero-order valence-corrected chi connectivity index (χ0v) is 15.4. The predicted octanol–water partition coefficient (Wildman–Crippen LogP) is 2.04. The Kier molecular flexibility index (Phi) is 5.80. The average molecular weight is 365 g/mol. The smallest absolute Gasteiger partial charge is 0.278 e. The Morgan fingerprint density at radius 3 is 2.52 bits per heavy atom. The van der Waals surface area contributed by atoms with E-state index in [4.69, 9.17) is 0 Å². The summed E-state index contributed by atoms with van der Waals surface area (Å²) in [5, 5.41) is 14.6. The molecule has 0 saturated carbocycles. The summed E-state index contributed by atoms with van der Waals surface area (Å²) in [6, 6.07) is 16.9. The topological polar surface area (TPSA) is 88.9 Å². The van der Waals surface area contributed by atoms with E-state index in [1.54, 1.807) is 24.3 Å². The molecule has 1 unspecified atom stereocenters. The highest BCUT2D eigenvalue weighted by atomic mass is 16.2. The van der Waals surface area contributed by atoms with Gasteiger partial charge in [0.05, 0.1) is 5.39 Å². The largest absolute Gasteiger partial charge is 0.380 e. The number of aromatic nitrogens is 3. The molecule has 1 heterocycles. The number of carbonyl (C=O) groups excluding carboxylic acids is 1. The minimum Gasteiger partial charge on any atom is -0.380 e. The van der Waals surface area contributed by atoms with E-state index in [1.807, 2.05) is 30.3 Å². The number of benzene rings is 2. The first-order valence-electron chi connectivity index (χ1n) is 8.95. The van der Waals surface area contributed by atoms with Crippen LogP contribution < -0.4 is 16.2 Å². The Morgan fingerprint density at radius 1 is 1.07 bits per heavy atom. The highest BCUT2D eigenvalue weighted by Gasteiger charge is 2.15. The third kappa shape index (κ3) is 4.69. The normalized spacial score (nSPS) is 12.1. The number of anilines is 1. The van der Waals surface area contributed by atoms with E-state index < -0.39 is 0 Å². The molecule has 2 N–H and O–H groups in total. The summed E-state index contributed by atoms with van der Waals surface area (Å²) in [6.45, 7) is 4.46. The van der Waals surface area contributed by atoms with Crippen molar-refractivity contribution < 1.29 is 4.79 Å². The molecule has 140 valence electrons. The van der Waals surface area contributed by atoms with E-state index in [-0.39, 0.29) is 24.1 Å². The van der Waals surface area contributed by atoms with Crippen LogP contribution in [0, 0.1) is 5.92 Å². The Morgan fingerprint density at radius 2 is 1.78 bits per heavy atom. The third-order valence-electron chi connectivity index (χ3n) is 4.37. The summed E-state index contributed by atoms with van der Waals surface area (Å²) in [4.78, 5) is 24.7. The molecule has 0 saturated heterocycles. The standard InChI is InChI=1S/C20H23N5O2/c1-14(2)18(22-15-8-4-3-5-9-15)12-21-19(26)13-25-20(27)16-10-6-7-11-17(16)23-24-25/h3-11,14,18,22H,12-13H2,1-2H3,(H,21,26). The van der Waals surface area contributed by atoms with Crippen LogP contribution in [-0.4, -0.2) is 33.5 Å². The van der Waals surface area contributed by atoms with Gasteiger partial charge in [0.25, 0.3) is 5.56 Å². The molecule has 0 radical (unpaired) electrons. The number of amides is 1. The van der Waals surface area contributed by atoms with Gasteiger partial charge in [-0.1, -0.05) is 49.4 Å². The summed E-state index contributed by atoms with van der Waals surface area (Å²) in [6.07, 6.45) is 0. The predicted molar refractivity (Wildman–Crippen MR) is 105 cm³/mol. The average Bonchev–Trinajstić information content (AvgIpc) is 2.68. The van der Waals surface area contributed by atoms with Crippen molar-refractivity contribution in [2.75, 3.05) is 11.9 Å². The minimum atomic E-state index is -0.321. The Labute approximate surface area is 157 Å². The fourth-order valence-electron chi connectivity index (χ4n) is 2.74. The highest BCUT2D eigenvalue weighted by Crippen LogP contribution is 2.11. The van der Waals surface area contributed by atoms with Crippen LogP contribution in [0.4, 0.5) is 5.69 Å². The molecular weight excluding hydrogens is 342 g/mol. The van der Waals surface area contributed by atoms with Gasteiger partial charge in [0, 0.05) is 18.3 Å². The van der Waals surface area contributed by atoms with Crippen molar-refractivity contribution in [2.24, 2.45) is 5.92 Å². The molecule has 27 heavy (non-hydrogen) atoms. The van der Waals surface area contributed by atoms with Gasteiger partial charge >= 0.3 is 0 Å². The van der Waals surface area contributed by atoms with E-state index in [9.17, 15) is 9.59 Å². The zero-order chi connectivity index (χ0) is 19.2. The second-order valence-electron chi connectivity index (χ2n) is 6.73. The molecule has 7 heteroatoms. The summed E-state index contributed by atoms with van der Waals surface area (Å²) in [7, 11) is 0. The summed E-state index contributed by atoms with van der Waals surface area (Å²) in [5.74, 6) is 0.0379. The van der Waals surface area contributed by atoms with Gasteiger partial charge in [-0.3, -0.25) is 9.59 Å². The summed E-state index contributed by atoms with van der Waals surface area (Å²) < 4.78 is 1.09. The van der Waals surface area contributed by atoms with Crippen molar-refractivity contribution in [2.45, 2.75) is 26.4 Å². The number of nitrogens with one attached hydrogen (secondary N) is 2. The maximum Gasteiger partial charge on any atom is 0.278 e. The van der Waals surface area contributed by atoms with Crippen LogP contribution in [0.15, 0.2) is 59.4 Å². The lowest BCUT2D eigenvalue weighted by molar-refractivity contribution is -0.122. The molecule has 7 nitrogen and oxygen atoms in total. The molecule has 0 fully saturated rings. The molecule has 0 aliphatic heterocycles. The van der Waals surface area contributed by atoms with E-state index in [2.05, 4.69) is 34.8 Å². The van der Waals surface area contributed by atoms with Crippen LogP contribution >= 0.6 is 0 Å². The zero-order valence-electron chi connectivity index (χ0n) is 15.4. The summed E-state index contributed by atoms with van der Waals surface area (Å²) >= 11 is 0. The molecule has 0 bridgehead atoms. The number of hydrogen-bond donors (Lipinski definition) is 2. The molecule has 1 amide bonds. The van der Waals surface area contributed by atoms with Crippen LogP contribution in [0.5, 0.6) is 0 Å². The quantitative estimate of drug-likeness (QED) is 0.669. The van der Waals surface area contributed by atoms with E-state index in [0.717, 1.165) is 10.4 Å². The van der Waals surface area contributed by atoms with Gasteiger partial charge in [0.15, 0.2) is 0 Å². The van der Waals surface area contributed by atoms with Crippen molar-refractivity contribution in [3.63, 3.8) is 0 Å². The second-order valence-corrected chi connectivity index (χ2v) is 6.73. The minimum absolute atomic E-state index is 0.0655. The van der Waals surface area contributed by atoms with Gasteiger partial charge in [-0.25, -0.2) is 4.68 Å². The van der Waals surface area contributed by atoms with Crippen LogP contribution in [-0.2, 0) is 11.3 Å². The fraction of sp³-hybridized carbons (Fsp3) is 0.300. The Hall–Kier alpha value is -3.22. The van der Waals surface area contributed by atoms with Gasteiger partial charge in [-0.15, -0.1) is 5.10 Å². The fourth-order valence-corrected chi connectivity index (χ4v) is 2.74. The first-order valence-corrected chi connectivity index (χ1v) is 8.95. The van der Waals surface area contributed by atoms with Crippen molar-refractivity contribution in [1.82, 2.24) is 20.3 Å². The molecule has 3 aromatic rings. The first-order chi connectivity index (χ1) is 13.0. The molecule has 0 aliphatic rings. The van der Waals surface area contributed by atoms with Crippen LogP contribution in [0.3, 0.4) is 0 Å². The monoisotopic (exact) mass is 365 g/mol. The second kappa shape index (κ2) is 8.44. The van der Waals surface area contributed by atoms with E-state index in [1.165, 1.54) is 0 Å². The SMILES string of the molecule is CC(C)C(CNC(=O)Cn1nnc2ccccc2c1=O)Nc1ccccc1. The van der Waals surface area contributed by atoms with E-state index >= 15 is 0 Å². The Balaban J connectivity index is 1.63. The van der Waals surface area contributed by atoms with Crippen LogP contribution in [0.25, 0.3) is 10.9 Å². The van der Waals surface area contributed by atoms with Crippen molar-refractivity contribution in [3.8, 4) is 0 Å². The summed E-state index contributed by atoms with van der Waals surface area (Å²) in [5.41, 5.74) is 1.20. The lowest BCUT2D eigenvalue weighted by Gasteiger charge is -2.24. The number of fused-ring (bicyclic) bond motifs is 1. The lowest BCUT2D eigenvalue weighted by atomic mass is 10.0. The molecule has 3 rings (SSSR count). The molecule has 1 atom stereocenters. The number of hydrogen-bond acceptors (Lipinski definition) is 5. The van der Waals surface area contributed by atoms with Gasteiger partial charge in [-0.05, 0) is 30.2 Å². The third-order valence-corrected chi connectivity index (χ3v) is 4.37. The van der Waals surface area contributed by atoms with Crippen LogP contribution in [0.1, 0.15) is 13.8 Å². The van der Waals surface area contributed by atoms with Crippen molar-refractivity contribution in [3.05, 3.63) is 65.0 Å². The number of nitrogens with zero attached hydrogens (tertiary/aromatic N) is 3. The maximum atomic E-state index is 12.4. The maximum absolute atomic E-state index is 12.4. The van der Waals surface area contributed by atoms with Gasteiger partial charge in [-0.2, -0.15) is 0 Å². The molecule has 0 aliphatic carbocycles. The molecule has 2 aromatic carbocycles. The van der Waals surface area contributed by atoms with Gasteiger partial charge < -0.3 is 10.6 Å². The van der Waals surface area contributed by atoms with Gasteiger partial charge in [0.1, 0.15) is 12.1 Å². The van der Waals surface area contributed by atoms with E-state index in [0.29, 0.717) is 23.4 Å². The Bertz CT molecular complexity index is 969. The van der Waals surface area contributed by atoms with Crippen LogP contribution in [0.2, 0.25) is 0 Å². The first kappa shape index (κ1) is 18.6. The molecular formula is C20H23N5O2. The number of para-hydroxylation sites is 1. The number of carbonyl (C=O) groups is 1.